The molecule has 0 fully saturated rings. The highest BCUT2D eigenvalue weighted by Crippen LogP contribution is 2.38. The highest BCUT2D eigenvalue weighted by Gasteiger charge is 2.28. The second kappa shape index (κ2) is 5.34. The normalized spacial score (nSPS) is 12.2. The summed E-state index contributed by atoms with van der Waals surface area (Å²) in [6, 6.07) is 4.71. The standard InChI is InChI=1S/C16H21ClFN3/c1-9(2)21-14(19)13(20-15(21)16(3,4)5)12-10(17)7-6-8-11(12)18/h6-9H,19H2,1-5H3. The van der Waals surface area contributed by atoms with E-state index in [0.29, 0.717) is 16.5 Å². The van der Waals surface area contributed by atoms with Crippen molar-refractivity contribution in [1.82, 2.24) is 9.55 Å². The Morgan fingerprint density at radius 2 is 1.90 bits per heavy atom. The molecule has 3 nitrogen and oxygen atoms in total. The molecule has 2 rings (SSSR count). The van der Waals surface area contributed by atoms with E-state index in [1.54, 1.807) is 12.1 Å². The summed E-state index contributed by atoms with van der Waals surface area (Å²) in [4.78, 5) is 4.61. The van der Waals surface area contributed by atoms with Crippen LogP contribution in [0.25, 0.3) is 11.3 Å². The van der Waals surface area contributed by atoms with Gasteiger partial charge in [0.1, 0.15) is 23.2 Å². The van der Waals surface area contributed by atoms with Crippen molar-refractivity contribution in [3.8, 4) is 11.3 Å². The van der Waals surface area contributed by atoms with E-state index < -0.39 is 5.82 Å². The van der Waals surface area contributed by atoms with Gasteiger partial charge >= 0.3 is 0 Å². The minimum absolute atomic E-state index is 0.131. The average molecular weight is 310 g/mol. The Kier molecular flexibility index (Phi) is 4.02. The lowest BCUT2D eigenvalue weighted by Crippen LogP contribution is -2.21. The largest absolute Gasteiger partial charge is 0.383 e. The van der Waals surface area contributed by atoms with E-state index in [1.807, 2.05) is 18.4 Å². The molecule has 0 unspecified atom stereocenters. The van der Waals surface area contributed by atoms with Crippen molar-refractivity contribution >= 4 is 17.4 Å². The van der Waals surface area contributed by atoms with E-state index in [9.17, 15) is 4.39 Å². The van der Waals surface area contributed by atoms with Crippen molar-refractivity contribution in [1.29, 1.82) is 0 Å². The van der Waals surface area contributed by atoms with Crippen LogP contribution in [0.3, 0.4) is 0 Å². The molecule has 0 amide bonds. The molecule has 0 aliphatic heterocycles. The van der Waals surface area contributed by atoms with Crippen LogP contribution in [0.1, 0.15) is 46.5 Å². The Hall–Kier alpha value is -1.55. The van der Waals surface area contributed by atoms with Crippen LogP contribution >= 0.6 is 11.6 Å². The first-order valence-electron chi connectivity index (χ1n) is 6.97. The lowest BCUT2D eigenvalue weighted by Gasteiger charge is -2.22. The molecule has 0 aliphatic rings. The van der Waals surface area contributed by atoms with Gasteiger partial charge in [0.25, 0.3) is 0 Å². The highest BCUT2D eigenvalue weighted by atomic mass is 35.5. The minimum atomic E-state index is -0.414. The zero-order valence-corrected chi connectivity index (χ0v) is 13.8. The van der Waals surface area contributed by atoms with E-state index in [1.165, 1.54) is 6.07 Å². The Morgan fingerprint density at radius 3 is 2.33 bits per heavy atom. The molecule has 1 aromatic heterocycles. The number of nitrogens with two attached hydrogens (primary N) is 1. The molecular weight excluding hydrogens is 289 g/mol. The number of rotatable bonds is 2. The molecule has 2 N–H and O–H groups in total. The lowest BCUT2D eigenvalue weighted by atomic mass is 9.95. The van der Waals surface area contributed by atoms with Gasteiger partial charge in [-0.2, -0.15) is 0 Å². The van der Waals surface area contributed by atoms with Gasteiger partial charge < -0.3 is 10.3 Å². The molecular formula is C16H21ClFN3. The van der Waals surface area contributed by atoms with Crippen molar-refractivity contribution in [2.75, 3.05) is 5.73 Å². The van der Waals surface area contributed by atoms with Crippen LogP contribution in [0.5, 0.6) is 0 Å². The quantitative estimate of drug-likeness (QED) is 0.865. The second-order valence-electron chi connectivity index (χ2n) is 6.48. The number of halogens is 2. The molecule has 0 saturated carbocycles. The summed E-state index contributed by atoms with van der Waals surface area (Å²) >= 11 is 6.15. The van der Waals surface area contributed by atoms with Gasteiger partial charge in [-0.1, -0.05) is 38.4 Å². The summed E-state index contributed by atoms with van der Waals surface area (Å²) in [7, 11) is 0. The van der Waals surface area contributed by atoms with Crippen molar-refractivity contribution in [2.24, 2.45) is 0 Å². The fourth-order valence-corrected chi connectivity index (χ4v) is 2.66. The van der Waals surface area contributed by atoms with E-state index in [4.69, 9.17) is 17.3 Å². The fraction of sp³-hybridized carbons (Fsp3) is 0.438. The van der Waals surface area contributed by atoms with Gasteiger partial charge in [0.15, 0.2) is 0 Å². The molecule has 2 aromatic rings. The van der Waals surface area contributed by atoms with Crippen molar-refractivity contribution in [3.05, 3.63) is 34.9 Å². The molecule has 0 spiro atoms. The maximum atomic E-state index is 14.2. The van der Waals surface area contributed by atoms with Crippen molar-refractivity contribution in [3.63, 3.8) is 0 Å². The Bertz CT molecular complexity index is 649. The first-order valence-corrected chi connectivity index (χ1v) is 7.35. The van der Waals surface area contributed by atoms with Gasteiger partial charge in [0.2, 0.25) is 0 Å². The zero-order chi connectivity index (χ0) is 15.9. The summed E-state index contributed by atoms with van der Waals surface area (Å²) in [5, 5.41) is 0.315. The van der Waals surface area contributed by atoms with Gasteiger partial charge in [0.05, 0.1) is 10.6 Å². The maximum absolute atomic E-state index is 14.2. The second-order valence-corrected chi connectivity index (χ2v) is 6.89. The molecule has 5 heteroatoms. The lowest BCUT2D eigenvalue weighted by molar-refractivity contribution is 0.473. The van der Waals surface area contributed by atoms with Gasteiger partial charge in [-0.05, 0) is 26.0 Å². The monoisotopic (exact) mass is 309 g/mol. The molecule has 0 atom stereocenters. The van der Waals surface area contributed by atoms with E-state index in [-0.39, 0.29) is 17.0 Å². The highest BCUT2D eigenvalue weighted by molar-refractivity contribution is 6.33. The number of hydrogen-bond acceptors (Lipinski definition) is 2. The molecule has 21 heavy (non-hydrogen) atoms. The van der Waals surface area contributed by atoms with Crippen LogP contribution < -0.4 is 5.73 Å². The Morgan fingerprint density at radius 1 is 1.29 bits per heavy atom. The minimum Gasteiger partial charge on any atom is -0.383 e. The summed E-state index contributed by atoms with van der Waals surface area (Å²) < 4.78 is 16.1. The molecule has 0 bridgehead atoms. The van der Waals surface area contributed by atoms with Crippen LogP contribution in [-0.4, -0.2) is 9.55 Å². The van der Waals surface area contributed by atoms with Crippen LogP contribution in [0.2, 0.25) is 5.02 Å². The summed E-state index contributed by atoms with van der Waals surface area (Å²) in [5.74, 6) is 0.856. The van der Waals surface area contributed by atoms with Gasteiger partial charge in [-0.15, -0.1) is 0 Å². The van der Waals surface area contributed by atoms with Crippen LogP contribution in [-0.2, 0) is 5.41 Å². The van der Waals surface area contributed by atoms with Crippen molar-refractivity contribution in [2.45, 2.75) is 46.1 Å². The number of anilines is 1. The number of hydrogen-bond donors (Lipinski definition) is 1. The first-order chi connectivity index (χ1) is 9.64. The number of nitrogen functional groups attached to an aromatic ring is 1. The first kappa shape index (κ1) is 15.8. The average Bonchev–Trinajstić information content (AvgIpc) is 2.67. The van der Waals surface area contributed by atoms with E-state index in [0.717, 1.165) is 5.82 Å². The number of nitrogens with zero attached hydrogens (tertiary/aromatic N) is 2. The van der Waals surface area contributed by atoms with Crippen LogP contribution in [0.15, 0.2) is 18.2 Å². The van der Waals surface area contributed by atoms with Gasteiger partial charge in [-0.3, -0.25) is 0 Å². The maximum Gasteiger partial charge on any atom is 0.134 e. The molecule has 0 radical (unpaired) electrons. The third-order valence-corrected chi connectivity index (χ3v) is 3.65. The fourth-order valence-electron chi connectivity index (χ4n) is 2.41. The zero-order valence-electron chi connectivity index (χ0n) is 13.0. The molecule has 0 aliphatic carbocycles. The van der Waals surface area contributed by atoms with Gasteiger partial charge in [0, 0.05) is 11.5 Å². The molecule has 0 saturated heterocycles. The predicted octanol–water partition coefficient (Wildman–Crippen LogP) is 4.80. The Labute approximate surface area is 129 Å². The summed E-state index contributed by atoms with van der Waals surface area (Å²) in [5.41, 5.74) is 6.73. The molecule has 114 valence electrons. The molecule has 1 aromatic carbocycles. The molecule has 1 heterocycles. The van der Waals surface area contributed by atoms with Crippen LogP contribution in [0.4, 0.5) is 10.2 Å². The van der Waals surface area contributed by atoms with Gasteiger partial charge in [-0.25, -0.2) is 9.37 Å². The third kappa shape index (κ3) is 2.77. The summed E-state index contributed by atoms with van der Waals surface area (Å²) in [6.45, 7) is 10.2. The van der Waals surface area contributed by atoms with Crippen LogP contribution in [0, 0.1) is 5.82 Å². The van der Waals surface area contributed by atoms with Crippen molar-refractivity contribution < 1.29 is 4.39 Å². The summed E-state index contributed by atoms with van der Waals surface area (Å²) in [6.07, 6.45) is 0. The van der Waals surface area contributed by atoms with E-state index in [2.05, 4.69) is 25.8 Å². The Balaban J connectivity index is 2.78. The smallest absolute Gasteiger partial charge is 0.134 e. The number of aromatic nitrogens is 2. The number of imidazole rings is 1. The SMILES string of the molecule is CC(C)n1c(C(C)(C)C)nc(-c2c(F)cccc2Cl)c1N. The topological polar surface area (TPSA) is 43.8 Å². The third-order valence-electron chi connectivity index (χ3n) is 3.33. The van der Waals surface area contributed by atoms with E-state index >= 15 is 0 Å². The number of benzene rings is 1. The predicted molar refractivity (Wildman–Crippen MR) is 86.1 cm³/mol.